The van der Waals surface area contributed by atoms with Gasteiger partial charge in [0.15, 0.2) is 17.6 Å². The molecule has 0 unspecified atom stereocenters. The number of rotatable bonds is 4. The van der Waals surface area contributed by atoms with Crippen LogP contribution in [-0.4, -0.2) is 46.7 Å². The zero-order chi connectivity index (χ0) is 20.5. The van der Waals surface area contributed by atoms with Gasteiger partial charge in [0.1, 0.15) is 12.9 Å². The first-order valence-electron chi connectivity index (χ1n) is 9.85. The summed E-state index contributed by atoms with van der Waals surface area (Å²) < 4.78 is 13.7. The van der Waals surface area contributed by atoms with E-state index in [1.807, 2.05) is 77.4 Å². The molecule has 1 atom stereocenters. The summed E-state index contributed by atoms with van der Waals surface area (Å²) in [5, 5.41) is 0. The van der Waals surface area contributed by atoms with Crippen LogP contribution in [0, 0.1) is 0 Å². The van der Waals surface area contributed by atoms with Crippen molar-refractivity contribution < 1.29 is 14.3 Å². The van der Waals surface area contributed by atoms with Gasteiger partial charge < -0.3 is 14.4 Å². The Morgan fingerprint density at radius 1 is 1.03 bits per heavy atom. The van der Waals surface area contributed by atoms with Gasteiger partial charge in [-0.1, -0.05) is 24.3 Å². The maximum absolute atomic E-state index is 12.9. The Kier molecular flexibility index (Phi) is 4.59. The van der Waals surface area contributed by atoms with Crippen molar-refractivity contribution in [1.82, 2.24) is 14.5 Å². The van der Waals surface area contributed by atoms with Crippen molar-refractivity contribution in [3.63, 3.8) is 0 Å². The molecule has 0 radical (unpaired) electrons. The zero-order valence-electron chi connectivity index (χ0n) is 16.6. The van der Waals surface area contributed by atoms with E-state index in [1.165, 1.54) is 0 Å². The molecule has 0 saturated carbocycles. The van der Waals surface area contributed by atoms with Gasteiger partial charge in [0.25, 0.3) is 5.91 Å². The number of likely N-dealkylation sites (N-methyl/N-ethyl adjacent to an activating group) is 1. The van der Waals surface area contributed by atoms with Gasteiger partial charge in [-0.25, -0.2) is 4.98 Å². The third kappa shape index (κ3) is 3.37. The van der Waals surface area contributed by atoms with Crippen LogP contribution in [0.2, 0.25) is 0 Å². The van der Waals surface area contributed by atoms with E-state index in [4.69, 9.17) is 9.47 Å². The lowest BCUT2D eigenvalue weighted by atomic mass is 10.1. The third-order valence-electron chi connectivity index (χ3n) is 5.24. The molecule has 0 saturated heterocycles. The van der Waals surface area contributed by atoms with Crippen LogP contribution in [0.1, 0.15) is 10.4 Å². The lowest BCUT2D eigenvalue weighted by Gasteiger charge is -2.29. The Labute approximate surface area is 174 Å². The molecule has 0 spiro atoms. The topological polar surface area (TPSA) is 56.6 Å². The SMILES string of the molecule is CN(C[C@@H]1COc2ccccc2O1)C(=O)c1ccc(-n2cnc3ccccc32)cc1. The summed E-state index contributed by atoms with van der Waals surface area (Å²) in [5.41, 5.74) is 3.56. The summed E-state index contributed by atoms with van der Waals surface area (Å²) in [6.45, 7) is 0.863. The lowest BCUT2D eigenvalue weighted by molar-refractivity contribution is 0.0521. The van der Waals surface area contributed by atoms with Crippen molar-refractivity contribution in [2.45, 2.75) is 6.10 Å². The van der Waals surface area contributed by atoms with Crippen molar-refractivity contribution in [2.75, 3.05) is 20.2 Å². The zero-order valence-corrected chi connectivity index (χ0v) is 16.6. The van der Waals surface area contributed by atoms with Crippen LogP contribution in [0.25, 0.3) is 16.7 Å². The second kappa shape index (κ2) is 7.55. The average molecular weight is 399 g/mol. The first-order chi connectivity index (χ1) is 14.7. The molecule has 5 rings (SSSR count). The first kappa shape index (κ1) is 18.2. The van der Waals surface area contributed by atoms with Crippen LogP contribution >= 0.6 is 0 Å². The van der Waals surface area contributed by atoms with Gasteiger partial charge in [0.05, 0.1) is 17.6 Å². The maximum atomic E-state index is 12.9. The maximum Gasteiger partial charge on any atom is 0.253 e. The number of imidazole rings is 1. The second-order valence-electron chi connectivity index (χ2n) is 7.33. The Bertz CT molecular complexity index is 1200. The number of nitrogens with zero attached hydrogens (tertiary/aromatic N) is 3. The fraction of sp³-hybridized carbons (Fsp3) is 0.167. The van der Waals surface area contributed by atoms with Crippen LogP contribution in [0.5, 0.6) is 11.5 Å². The Balaban J connectivity index is 1.28. The number of hydrogen-bond acceptors (Lipinski definition) is 4. The molecule has 4 aromatic rings. The monoisotopic (exact) mass is 399 g/mol. The molecule has 2 heterocycles. The minimum absolute atomic E-state index is 0.0560. The normalized spacial score (nSPS) is 15.2. The van der Waals surface area contributed by atoms with E-state index in [-0.39, 0.29) is 12.0 Å². The minimum Gasteiger partial charge on any atom is -0.486 e. The minimum atomic E-state index is -0.203. The summed E-state index contributed by atoms with van der Waals surface area (Å²) in [7, 11) is 1.78. The fourth-order valence-electron chi connectivity index (χ4n) is 3.69. The van der Waals surface area contributed by atoms with Crippen LogP contribution in [0.15, 0.2) is 79.1 Å². The Hall–Kier alpha value is -3.80. The molecule has 30 heavy (non-hydrogen) atoms. The Morgan fingerprint density at radius 2 is 1.77 bits per heavy atom. The molecule has 0 aliphatic carbocycles. The largest absolute Gasteiger partial charge is 0.486 e. The Morgan fingerprint density at radius 3 is 2.60 bits per heavy atom. The van der Waals surface area contributed by atoms with E-state index in [2.05, 4.69) is 4.98 Å². The first-order valence-corrected chi connectivity index (χ1v) is 9.85. The summed E-state index contributed by atoms with van der Waals surface area (Å²) in [4.78, 5) is 19.0. The van der Waals surface area contributed by atoms with E-state index < -0.39 is 0 Å². The number of carbonyl (C=O) groups excluding carboxylic acids is 1. The predicted octanol–water partition coefficient (Wildman–Crippen LogP) is 3.94. The van der Waals surface area contributed by atoms with Gasteiger partial charge in [0, 0.05) is 18.3 Å². The smallest absolute Gasteiger partial charge is 0.253 e. The van der Waals surface area contributed by atoms with E-state index >= 15 is 0 Å². The molecule has 6 heteroatoms. The predicted molar refractivity (Wildman–Crippen MR) is 114 cm³/mol. The number of carbonyl (C=O) groups is 1. The molecule has 0 bridgehead atoms. The highest BCUT2D eigenvalue weighted by Crippen LogP contribution is 2.31. The van der Waals surface area contributed by atoms with E-state index in [1.54, 1.807) is 18.3 Å². The number of aromatic nitrogens is 2. The summed E-state index contributed by atoms with van der Waals surface area (Å²) in [6.07, 6.45) is 1.59. The van der Waals surface area contributed by atoms with Crippen LogP contribution in [-0.2, 0) is 0 Å². The van der Waals surface area contributed by atoms with Crippen LogP contribution in [0.4, 0.5) is 0 Å². The lowest BCUT2D eigenvalue weighted by Crippen LogP contribution is -2.41. The highest BCUT2D eigenvalue weighted by Gasteiger charge is 2.24. The van der Waals surface area contributed by atoms with Crippen molar-refractivity contribution in [1.29, 1.82) is 0 Å². The number of benzene rings is 3. The molecule has 1 aromatic heterocycles. The molecule has 150 valence electrons. The highest BCUT2D eigenvalue weighted by atomic mass is 16.6. The molecule has 6 nitrogen and oxygen atoms in total. The highest BCUT2D eigenvalue weighted by molar-refractivity contribution is 5.94. The van der Waals surface area contributed by atoms with Crippen LogP contribution in [0.3, 0.4) is 0 Å². The molecular formula is C24H21N3O3. The number of hydrogen-bond donors (Lipinski definition) is 0. The summed E-state index contributed by atoms with van der Waals surface area (Å²) in [5.74, 6) is 1.40. The summed E-state index contributed by atoms with van der Waals surface area (Å²) >= 11 is 0. The van der Waals surface area contributed by atoms with Crippen molar-refractivity contribution in [3.8, 4) is 17.2 Å². The number of fused-ring (bicyclic) bond motifs is 2. The summed E-state index contributed by atoms with van der Waals surface area (Å²) in [6, 6.07) is 23.1. The van der Waals surface area contributed by atoms with Gasteiger partial charge in [-0.15, -0.1) is 0 Å². The van der Waals surface area contributed by atoms with E-state index in [9.17, 15) is 4.79 Å². The van der Waals surface area contributed by atoms with Crippen LogP contribution < -0.4 is 9.47 Å². The molecule has 1 amide bonds. The third-order valence-corrected chi connectivity index (χ3v) is 5.24. The van der Waals surface area contributed by atoms with Gasteiger partial charge in [-0.2, -0.15) is 0 Å². The van der Waals surface area contributed by atoms with E-state index in [0.29, 0.717) is 24.5 Å². The standard InChI is InChI=1S/C24H21N3O3/c1-26(14-19-15-29-22-8-4-5-9-23(22)30-19)24(28)17-10-12-18(13-11-17)27-16-25-20-6-2-3-7-21(20)27/h2-13,16,19H,14-15H2,1H3/t19-/m1/s1. The van der Waals surface area contributed by atoms with E-state index in [0.717, 1.165) is 22.5 Å². The second-order valence-corrected chi connectivity index (χ2v) is 7.33. The molecule has 1 aliphatic heterocycles. The van der Waals surface area contributed by atoms with Gasteiger partial charge in [-0.3, -0.25) is 9.36 Å². The number of amides is 1. The molecular weight excluding hydrogens is 378 g/mol. The molecule has 0 fully saturated rings. The number of para-hydroxylation sites is 4. The number of ether oxygens (including phenoxy) is 2. The average Bonchev–Trinajstić information content (AvgIpc) is 3.23. The molecule has 1 aliphatic rings. The van der Waals surface area contributed by atoms with Gasteiger partial charge in [0.2, 0.25) is 0 Å². The fourth-order valence-corrected chi connectivity index (χ4v) is 3.69. The molecule has 3 aromatic carbocycles. The van der Waals surface area contributed by atoms with Crippen molar-refractivity contribution >= 4 is 16.9 Å². The molecule has 0 N–H and O–H groups in total. The van der Waals surface area contributed by atoms with Crippen molar-refractivity contribution in [2.24, 2.45) is 0 Å². The van der Waals surface area contributed by atoms with Gasteiger partial charge >= 0.3 is 0 Å². The van der Waals surface area contributed by atoms with Crippen molar-refractivity contribution in [3.05, 3.63) is 84.7 Å². The van der Waals surface area contributed by atoms with Gasteiger partial charge in [-0.05, 0) is 48.5 Å². The quantitative estimate of drug-likeness (QED) is 0.522.